The highest BCUT2D eigenvalue weighted by Gasteiger charge is 2.43. The first-order valence-corrected chi connectivity index (χ1v) is 22.1. The van der Waals surface area contributed by atoms with E-state index >= 15 is 0 Å². The van der Waals surface area contributed by atoms with Crippen LogP contribution in [0.15, 0.2) is 54.6 Å². The first-order valence-electron chi connectivity index (χ1n) is 22.1. The minimum atomic E-state index is -1.62. The molecule has 4 rings (SSSR count). The molecule has 0 aliphatic carbocycles. The second-order valence-electron chi connectivity index (χ2n) is 17.6. The molecule has 9 N–H and O–H groups in total. The van der Waals surface area contributed by atoms with Gasteiger partial charge >= 0.3 is 5.97 Å². The van der Waals surface area contributed by atoms with Gasteiger partial charge in [-0.05, 0) is 54.9 Å². The first-order chi connectivity index (χ1) is 30.3. The zero-order chi connectivity index (χ0) is 47.1. The molecule has 0 bridgehead atoms. The number of rotatable bonds is 13. The van der Waals surface area contributed by atoms with Crippen molar-refractivity contribution in [1.29, 1.82) is 0 Å². The van der Waals surface area contributed by atoms with Crippen LogP contribution in [0.3, 0.4) is 0 Å². The topological polar surface area (TPSA) is 276 Å². The predicted octanol–water partition coefficient (Wildman–Crippen LogP) is 1.04. The predicted molar refractivity (Wildman–Crippen MR) is 234 cm³/mol. The maximum absolute atomic E-state index is 14.4. The van der Waals surface area contributed by atoms with Gasteiger partial charge in [-0.2, -0.15) is 0 Å². The molecule has 2 aliphatic heterocycles. The lowest BCUT2D eigenvalue weighted by Crippen LogP contribution is -2.60. The number of phenols is 1. The van der Waals surface area contributed by atoms with Crippen LogP contribution in [0.25, 0.3) is 0 Å². The molecule has 8 atom stereocenters. The van der Waals surface area contributed by atoms with Gasteiger partial charge in [-0.3, -0.25) is 33.6 Å². The standard InChI is InChI=1S/C46H65N7O11/c1-26(2)12-8-6-11-15-33-23-39(57)49-35(20-29-13-9-7-10-14-29)45(62)53-25-32(55)22-37(53)43(60)48-28(5)41(58)52-40(27(3)4)44(61)50-34(24-38(47)56)42(59)51-36(46(63)64-33)21-30-16-18-31(54)19-17-30/h7,9-10,13-14,16-19,26-28,32-37,40,54-55H,6,8,11-12,15,20-25H2,1-5H3,(H2,47,56)(H,48,60)(H,49,57)(H,50,61)(H,51,59)(H,52,58)/t28-,32+,33?,34-,35?,36?,37+,40+/m1/s1. The highest BCUT2D eigenvalue weighted by molar-refractivity contribution is 5.98. The first kappa shape index (κ1) is 50.6. The highest BCUT2D eigenvalue weighted by Crippen LogP contribution is 2.22. The normalized spacial score (nSPS) is 25.8. The third-order valence-corrected chi connectivity index (χ3v) is 11.3. The van der Waals surface area contributed by atoms with Gasteiger partial charge in [-0.1, -0.05) is 89.4 Å². The monoisotopic (exact) mass is 891 g/mol. The molecule has 2 aromatic carbocycles. The summed E-state index contributed by atoms with van der Waals surface area (Å²) in [5, 5.41) is 33.7. The summed E-state index contributed by atoms with van der Waals surface area (Å²) in [5.74, 6) is -6.75. The Kier molecular flexibility index (Phi) is 19.1. The number of benzene rings is 2. The summed E-state index contributed by atoms with van der Waals surface area (Å²) in [5.41, 5.74) is 6.70. The van der Waals surface area contributed by atoms with E-state index in [1.807, 2.05) is 0 Å². The summed E-state index contributed by atoms with van der Waals surface area (Å²) in [6, 6.07) is 6.66. The van der Waals surface area contributed by atoms with Gasteiger partial charge < -0.3 is 52.2 Å². The van der Waals surface area contributed by atoms with Crippen LogP contribution < -0.4 is 32.3 Å². The van der Waals surface area contributed by atoms with E-state index in [1.54, 1.807) is 44.2 Å². The Balaban J connectivity index is 1.77. The van der Waals surface area contributed by atoms with Crippen molar-refractivity contribution in [2.75, 3.05) is 6.54 Å². The van der Waals surface area contributed by atoms with E-state index in [-0.39, 0.29) is 44.4 Å². The third kappa shape index (κ3) is 15.6. The molecule has 3 unspecified atom stereocenters. The van der Waals surface area contributed by atoms with Gasteiger partial charge in [0.05, 0.1) is 18.9 Å². The number of nitrogens with zero attached hydrogens (tertiary/aromatic N) is 1. The van der Waals surface area contributed by atoms with Crippen LogP contribution in [0.1, 0.15) is 97.1 Å². The number of unbranched alkanes of at least 4 members (excludes halogenated alkanes) is 2. The van der Waals surface area contributed by atoms with E-state index in [2.05, 4.69) is 40.4 Å². The van der Waals surface area contributed by atoms with Crippen LogP contribution in [-0.2, 0) is 55.9 Å². The fraction of sp³-hybridized carbons (Fsp3) is 0.565. The lowest BCUT2D eigenvalue weighted by atomic mass is 10.0. The number of phenolic OH excluding ortho intramolecular Hbond substituents is 1. The van der Waals surface area contributed by atoms with Crippen LogP contribution in [0.4, 0.5) is 0 Å². The smallest absolute Gasteiger partial charge is 0.329 e. The number of nitrogens with two attached hydrogens (primary N) is 1. The average molecular weight is 892 g/mol. The summed E-state index contributed by atoms with van der Waals surface area (Å²) >= 11 is 0. The van der Waals surface area contributed by atoms with Crippen molar-refractivity contribution in [1.82, 2.24) is 31.5 Å². The van der Waals surface area contributed by atoms with Crippen LogP contribution in [0, 0.1) is 11.8 Å². The minimum Gasteiger partial charge on any atom is -0.508 e. The number of cyclic esters (lactones) is 1. The van der Waals surface area contributed by atoms with Crippen molar-refractivity contribution in [3.63, 3.8) is 0 Å². The van der Waals surface area contributed by atoms with E-state index in [0.717, 1.165) is 19.3 Å². The molecular weight excluding hydrogens is 827 g/mol. The highest BCUT2D eigenvalue weighted by atomic mass is 16.5. The van der Waals surface area contributed by atoms with Gasteiger partial charge in [-0.15, -0.1) is 0 Å². The van der Waals surface area contributed by atoms with Crippen LogP contribution in [0.5, 0.6) is 5.75 Å². The number of aromatic hydroxyl groups is 1. The van der Waals surface area contributed by atoms with Crippen molar-refractivity contribution in [2.24, 2.45) is 17.6 Å². The number of hydrogen-bond donors (Lipinski definition) is 8. The van der Waals surface area contributed by atoms with Crippen LogP contribution in [0.2, 0.25) is 0 Å². The second kappa shape index (κ2) is 24.1. The Labute approximate surface area is 374 Å². The molecule has 0 aromatic heterocycles. The molecule has 0 spiro atoms. The maximum Gasteiger partial charge on any atom is 0.329 e. The fourth-order valence-electron chi connectivity index (χ4n) is 7.76. The van der Waals surface area contributed by atoms with E-state index < -0.39 is 108 Å². The summed E-state index contributed by atoms with van der Waals surface area (Å²) in [6.45, 7) is 8.60. The number of ether oxygens (including phenoxy) is 1. The van der Waals surface area contributed by atoms with Crippen molar-refractivity contribution >= 4 is 47.3 Å². The molecule has 64 heavy (non-hydrogen) atoms. The average Bonchev–Trinajstić information content (AvgIpc) is 3.63. The van der Waals surface area contributed by atoms with Crippen molar-refractivity contribution in [3.8, 4) is 5.75 Å². The number of hydrogen-bond acceptors (Lipinski definition) is 11. The summed E-state index contributed by atoms with van der Waals surface area (Å²) in [7, 11) is 0. The number of carbonyl (C=O) groups is 8. The molecule has 2 fully saturated rings. The zero-order valence-electron chi connectivity index (χ0n) is 37.3. The lowest BCUT2D eigenvalue weighted by molar-refractivity contribution is -0.155. The Morgan fingerprint density at radius 3 is 2.05 bits per heavy atom. The minimum absolute atomic E-state index is 0.0106. The number of carbonyl (C=O) groups excluding carboxylic acids is 8. The number of amides is 7. The molecule has 0 saturated carbocycles. The number of fused-ring (bicyclic) bond motifs is 1. The summed E-state index contributed by atoms with van der Waals surface area (Å²) in [6.07, 6.45) is -0.0825. The number of aliphatic hydroxyl groups excluding tert-OH is 1. The quantitative estimate of drug-likeness (QED) is 0.104. The number of esters is 1. The largest absolute Gasteiger partial charge is 0.508 e. The number of aliphatic hydroxyl groups is 1. The van der Waals surface area contributed by atoms with Crippen molar-refractivity contribution in [3.05, 3.63) is 65.7 Å². The van der Waals surface area contributed by atoms with Gasteiger partial charge in [0.1, 0.15) is 48.1 Å². The Morgan fingerprint density at radius 1 is 0.766 bits per heavy atom. The van der Waals surface area contributed by atoms with E-state index in [4.69, 9.17) is 10.5 Å². The Bertz CT molecular complexity index is 1940. The molecule has 2 aromatic rings. The molecule has 2 heterocycles. The zero-order valence-corrected chi connectivity index (χ0v) is 37.3. The van der Waals surface area contributed by atoms with Gasteiger partial charge in [0, 0.05) is 25.8 Å². The second-order valence-corrected chi connectivity index (χ2v) is 17.6. The van der Waals surface area contributed by atoms with Crippen LogP contribution >= 0.6 is 0 Å². The Hall–Kier alpha value is -6.04. The molecule has 0 radical (unpaired) electrons. The number of nitrogens with one attached hydrogen (secondary N) is 5. The van der Waals surface area contributed by atoms with Gasteiger partial charge in [-0.25, -0.2) is 4.79 Å². The van der Waals surface area contributed by atoms with E-state index in [1.165, 1.54) is 36.1 Å². The molecule has 18 heteroatoms. The SMILES string of the molecule is CC(C)CCCCCC1CC(=O)NC(Cc2ccccc2)C(=O)N2C[C@@H](O)C[C@H]2C(=O)N[C@H](C)C(=O)N[C@@H](C(C)C)C(=O)N[C@H](CC(N)=O)C(=O)NC(Cc2ccc(O)cc2)C(=O)O1. The fourth-order valence-corrected chi connectivity index (χ4v) is 7.76. The third-order valence-electron chi connectivity index (χ3n) is 11.3. The summed E-state index contributed by atoms with van der Waals surface area (Å²) < 4.78 is 6.03. The van der Waals surface area contributed by atoms with E-state index in [0.29, 0.717) is 23.5 Å². The van der Waals surface area contributed by atoms with Crippen molar-refractivity contribution in [2.45, 2.75) is 147 Å². The van der Waals surface area contributed by atoms with Crippen LogP contribution in [-0.4, -0.2) is 117 Å². The molecule has 7 amide bonds. The Morgan fingerprint density at radius 2 is 1.41 bits per heavy atom. The molecule has 2 aliphatic rings. The molecular formula is C46H65N7O11. The van der Waals surface area contributed by atoms with Gasteiger partial charge in [0.15, 0.2) is 0 Å². The van der Waals surface area contributed by atoms with Gasteiger partial charge in [0.25, 0.3) is 0 Å². The van der Waals surface area contributed by atoms with Gasteiger partial charge in [0.2, 0.25) is 41.4 Å². The van der Waals surface area contributed by atoms with Crippen molar-refractivity contribution < 1.29 is 53.3 Å². The molecule has 18 nitrogen and oxygen atoms in total. The van der Waals surface area contributed by atoms with E-state index in [9.17, 15) is 48.6 Å². The summed E-state index contributed by atoms with van der Waals surface area (Å²) in [4.78, 5) is 111. The number of primary amides is 1. The lowest BCUT2D eigenvalue weighted by Gasteiger charge is -2.30. The molecule has 2 saturated heterocycles. The maximum atomic E-state index is 14.4. The molecule has 350 valence electrons.